The zero-order valence-electron chi connectivity index (χ0n) is 16.1. The van der Waals surface area contributed by atoms with Crippen molar-refractivity contribution in [2.75, 3.05) is 14.2 Å². The number of ether oxygens (including phenoxy) is 2. The molecule has 2 atom stereocenters. The first-order valence-corrected chi connectivity index (χ1v) is 9.02. The van der Waals surface area contributed by atoms with E-state index in [-0.39, 0.29) is 13.0 Å². The Kier molecular flexibility index (Phi) is 6.01. The summed E-state index contributed by atoms with van der Waals surface area (Å²) in [6.07, 6.45) is 0.0760. The summed E-state index contributed by atoms with van der Waals surface area (Å²) in [6, 6.07) is 11.9. The van der Waals surface area contributed by atoms with Crippen molar-refractivity contribution in [1.29, 1.82) is 0 Å². The van der Waals surface area contributed by atoms with Gasteiger partial charge in [-0.2, -0.15) is 0 Å². The summed E-state index contributed by atoms with van der Waals surface area (Å²) in [6.45, 7) is 0.0845. The van der Waals surface area contributed by atoms with E-state index in [1.54, 1.807) is 30.3 Å². The van der Waals surface area contributed by atoms with Crippen LogP contribution in [0.3, 0.4) is 0 Å². The normalized spacial score (nSPS) is 18.0. The van der Waals surface area contributed by atoms with E-state index < -0.39 is 29.9 Å². The molecule has 2 amide bonds. The number of β-lactam (4-membered cyclic amide) rings is 1. The van der Waals surface area contributed by atoms with Gasteiger partial charge in [0.2, 0.25) is 11.8 Å². The number of hydrogen-bond acceptors (Lipinski definition) is 5. The van der Waals surface area contributed by atoms with Crippen molar-refractivity contribution in [3.63, 3.8) is 0 Å². The Morgan fingerprint density at radius 3 is 2.34 bits per heavy atom. The number of methoxy groups -OCH3 is 2. The van der Waals surface area contributed by atoms with Crippen molar-refractivity contribution in [2.24, 2.45) is 0 Å². The average molecular weight is 398 g/mol. The largest absolute Gasteiger partial charge is 0.493 e. The number of nitrogens with one attached hydrogen (secondary N) is 1. The number of carbonyl (C=O) groups excluding carboxylic acids is 2. The van der Waals surface area contributed by atoms with Crippen molar-refractivity contribution in [2.45, 2.75) is 25.0 Å². The lowest BCUT2D eigenvalue weighted by atomic mass is 9.93. The van der Waals surface area contributed by atoms with Gasteiger partial charge in [-0.3, -0.25) is 9.59 Å². The van der Waals surface area contributed by atoms with Gasteiger partial charge in [-0.15, -0.1) is 0 Å². The molecule has 1 heterocycles. The summed E-state index contributed by atoms with van der Waals surface area (Å²) in [5.41, 5.74) is 1.47. The van der Waals surface area contributed by atoms with Gasteiger partial charge in [-0.05, 0) is 23.3 Å². The van der Waals surface area contributed by atoms with Crippen molar-refractivity contribution in [3.05, 3.63) is 59.7 Å². The maximum absolute atomic E-state index is 12.5. The second-order valence-corrected chi connectivity index (χ2v) is 6.65. The molecule has 0 saturated carbocycles. The van der Waals surface area contributed by atoms with E-state index in [1.807, 2.05) is 18.2 Å². The van der Waals surface area contributed by atoms with Gasteiger partial charge in [0.1, 0.15) is 6.04 Å². The highest BCUT2D eigenvalue weighted by Gasteiger charge is 2.52. The zero-order valence-corrected chi connectivity index (χ0v) is 16.1. The van der Waals surface area contributed by atoms with Gasteiger partial charge < -0.3 is 24.8 Å². The first kappa shape index (κ1) is 20.2. The zero-order chi connectivity index (χ0) is 21.0. The van der Waals surface area contributed by atoms with E-state index in [9.17, 15) is 19.5 Å². The molecular formula is C21H22N2O6. The van der Waals surface area contributed by atoms with Gasteiger partial charge in [-0.25, -0.2) is 4.79 Å². The Balaban J connectivity index is 1.68. The number of carboxylic acid groups (broad SMARTS) is 1. The fourth-order valence-corrected chi connectivity index (χ4v) is 3.32. The van der Waals surface area contributed by atoms with Crippen LogP contribution in [-0.4, -0.2) is 54.1 Å². The van der Waals surface area contributed by atoms with Crippen LogP contribution in [0, 0.1) is 0 Å². The maximum atomic E-state index is 12.5. The van der Waals surface area contributed by atoms with Gasteiger partial charge in [0.25, 0.3) is 0 Å². The van der Waals surface area contributed by atoms with Gasteiger partial charge in [-0.1, -0.05) is 36.4 Å². The molecule has 2 aromatic carbocycles. The van der Waals surface area contributed by atoms with E-state index in [2.05, 4.69) is 5.32 Å². The molecular weight excluding hydrogens is 376 g/mol. The van der Waals surface area contributed by atoms with Gasteiger partial charge in [0.15, 0.2) is 17.5 Å². The minimum absolute atomic E-state index is 0.0760. The molecule has 1 saturated heterocycles. The van der Waals surface area contributed by atoms with Crippen LogP contribution in [0.1, 0.15) is 11.1 Å². The lowest BCUT2D eigenvalue weighted by Crippen LogP contribution is -2.72. The Morgan fingerprint density at radius 1 is 1.03 bits per heavy atom. The average Bonchev–Trinajstić information content (AvgIpc) is 2.72. The third-order valence-corrected chi connectivity index (χ3v) is 4.78. The highest BCUT2D eigenvalue weighted by molar-refractivity contribution is 6.01. The molecule has 1 aliphatic heterocycles. The summed E-state index contributed by atoms with van der Waals surface area (Å²) in [7, 11) is 3.01. The van der Waals surface area contributed by atoms with Crippen molar-refractivity contribution in [1.82, 2.24) is 10.2 Å². The molecule has 152 valence electrons. The molecule has 1 aliphatic rings. The number of carbonyl (C=O) groups is 3. The number of carboxylic acids is 1. The van der Waals surface area contributed by atoms with Crippen LogP contribution in [0.15, 0.2) is 48.5 Å². The summed E-state index contributed by atoms with van der Waals surface area (Å²) < 4.78 is 10.4. The van der Waals surface area contributed by atoms with Crippen LogP contribution in [-0.2, 0) is 27.3 Å². The predicted molar refractivity (Wildman–Crippen MR) is 104 cm³/mol. The van der Waals surface area contributed by atoms with Crippen LogP contribution in [0.25, 0.3) is 0 Å². The summed E-state index contributed by atoms with van der Waals surface area (Å²) in [4.78, 5) is 37.7. The van der Waals surface area contributed by atoms with Gasteiger partial charge >= 0.3 is 5.97 Å². The minimum Gasteiger partial charge on any atom is -0.493 e. The van der Waals surface area contributed by atoms with Crippen LogP contribution >= 0.6 is 0 Å². The van der Waals surface area contributed by atoms with E-state index in [0.717, 1.165) is 5.56 Å². The first-order valence-electron chi connectivity index (χ1n) is 9.02. The monoisotopic (exact) mass is 398 g/mol. The van der Waals surface area contributed by atoms with E-state index in [1.165, 1.54) is 19.1 Å². The quantitative estimate of drug-likeness (QED) is 0.648. The third kappa shape index (κ3) is 4.31. The summed E-state index contributed by atoms with van der Waals surface area (Å²) in [5.74, 6) is -0.986. The number of nitrogens with zero attached hydrogens (tertiary/aromatic N) is 1. The van der Waals surface area contributed by atoms with Gasteiger partial charge in [0, 0.05) is 6.54 Å². The molecule has 8 heteroatoms. The van der Waals surface area contributed by atoms with Crippen LogP contribution in [0.4, 0.5) is 0 Å². The molecule has 2 unspecified atom stereocenters. The van der Waals surface area contributed by atoms with Crippen molar-refractivity contribution in [3.8, 4) is 11.5 Å². The highest BCUT2D eigenvalue weighted by atomic mass is 16.5. The van der Waals surface area contributed by atoms with Crippen LogP contribution in [0.5, 0.6) is 11.5 Å². The molecule has 2 N–H and O–H groups in total. The molecule has 2 aromatic rings. The molecule has 0 aromatic heterocycles. The molecule has 0 spiro atoms. The fraction of sp³-hybridized carbons (Fsp3) is 0.286. The second-order valence-electron chi connectivity index (χ2n) is 6.65. The Labute approximate surface area is 168 Å². The SMILES string of the molecule is COc1ccc(CN2C(=O)C(NC(=O)Cc3ccccc3)C2C(=O)O)cc1OC. The fourth-order valence-electron chi connectivity index (χ4n) is 3.32. The van der Waals surface area contributed by atoms with Crippen molar-refractivity contribution < 1.29 is 29.0 Å². The standard InChI is InChI=1S/C21H22N2O6/c1-28-15-9-8-14(10-16(15)29-2)12-23-19(21(26)27)18(20(23)25)22-17(24)11-13-6-4-3-5-7-13/h3-10,18-19H,11-12H2,1-2H3,(H,22,24)(H,26,27). The third-order valence-electron chi connectivity index (χ3n) is 4.78. The second kappa shape index (κ2) is 8.64. The number of amides is 2. The number of benzene rings is 2. The molecule has 8 nitrogen and oxygen atoms in total. The van der Waals surface area contributed by atoms with Gasteiger partial charge in [0.05, 0.1) is 20.6 Å². The highest BCUT2D eigenvalue weighted by Crippen LogP contribution is 2.30. The minimum atomic E-state index is -1.17. The van der Waals surface area contributed by atoms with Crippen LogP contribution < -0.4 is 14.8 Å². The first-order chi connectivity index (χ1) is 13.9. The topological polar surface area (TPSA) is 105 Å². The summed E-state index contributed by atoms with van der Waals surface area (Å²) in [5, 5.41) is 12.1. The predicted octanol–water partition coefficient (Wildman–Crippen LogP) is 1.23. The van der Waals surface area contributed by atoms with E-state index in [4.69, 9.17) is 9.47 Å². The lowest BCUT2D eigenvalue weighted by Gasteiger charge is -2.44. The maximum Gasteiger partial charge on any atom is 0.329 e. The van der Waals surface area contributed by atoms with E-state index >= 15 is 0 Å². The Morgan fingerprint density at radius 2 is 1.72 bits per heavy atom. The lowest BCUT2D eigenvalue weighted by molar-refractivity contribution is -0.168. The van der Waals surface area contributed by atoms with Crippen molar-refractivity contribution >= 4 is 17.8 Å². The van der Waals surface area contributed by atoms with E-state index in [0.29, 0.717) is 17.1 Å². The number of aliphatic carboxylic acids is 1. The Hall–Kier alpha value is -3.55. The number of hydrogen-bond donors (Lipinski definition) is 2. The molecule has 0 bridgehead atoms. The summed E-state index contributed by atoms with van der Waals surface area (Å²) >= 11 is 0. The number of likely N-dealkylation sites (tertiary alicyclic amines) is 1. The molecule has 29 heavy (non-hydrogen) atoms. The molecule has 0 radical (unpaired) electrons. The molecule has 0 aliphatic carbocycles. The Bertz CT molecular complexity index is 915. The molecule has 1 fully saturated rings. The number of rotatable bonds is 8. The van der Waals surface area contributed by atoms with Crippen LogP contribution in [0.2, 0.25) is 0 Å². The molecule has 3 rings (SSSR count). The smallest absolute Gasteiger partial charge is 0.329 e.